The standard InChI is InChI=1S/C20H21ClN2O2/c1-25-19-8-7-17(21)13-18(19)22-20(24)14-23-11-9-16(10-12-23)15-5-3-2-4-6-15/h2-9,13H,10-12,14H2,1H3,(H,22,24)/p+1. The summed E-state index contributed by atoms with van der Waals surface area (Å²) in [6.07, 6.45) is 3.22. The zero-order valence-corrected chi connectivity index (χ0v) is 15.0. The molecule has 2 aromatic rings. The van der Waals surface area contributed by atoms with Gasteiger partial charge >= 0.3 is 0 Å². The fourth-order valence-electron chi connectivity index (χ4n) is 3.06. The van der Waals surface area contributed by atoms with Gasteiger partial charge in [-0.1, -0.05) is 41.9 Å². The number of amides is 1. The second-order valence-corrected chi connectivity index (χ2v) is 6.56. The number of hydrogen-bond acceptors (Lipinski definition) is 2. The second-order valence-electron chi connectivity index (χ2n) is 6.12. The maximum atomic E-state index is 12.4. The lowest BCUT2D eigenvalue weighted by Crippen LogP contribution is -3.13. The van der Waals surface area contributed by atoms with Crippen LogP contribution in [-0.4, -0.2) is 32.7 Å². The molecule has 3 rings (SSSR count). The van der Waals surface area contributed by atoms with E-state index in [0.717, 1.165) is 19.5 Å². The van der Waals surface area contributed by atoms with Gasteiger partial charge in [0, 0.05) is 11.4 Å². The second kappa shape index (κ2) is 8.19. The molecule has 1 unspecified atom stereocenters. The van der Waals surface area contributed by atoms with Crippen molar-refractivity contribution in [1.82, 2.24) is 0 Å². The molecule has 1 aliphatic rings. The Bertz CT molecular complexity index is 775. The quantitative estimate of drug-likeness (QED) is 0.864. The van der Waals surface area contributed by atoms with Crippen LogP contribution in [-0.2, 0) is 4.79 Å². The fourth-order valence-corrected chi connectivity index (χ4v) is 3.23. The molecule has 0 aromatic heterocycles. The highest BCUT2D eigenvalue weighted by Gasteiger charge is 2.19. The number of anilines is 1. The molecule has 1 aliphatic heterocycles. The van der Waals surface area contributed by atoms with Crippen LogP contribution in [0.2, 0.25) is 5.02 Å². The molecular formula is C20H22ClN2O2+. The molecule has 2 N–H and O–H groups in total. The zero-order valence-electron chi connectivity index (χ0n) is 14.2. The molecule has 0 saturated heterocycles. The van der Waals surface area contributed by atoms with Crippen molar-refractivity contribution in [2.75, 3.05) is 32.1 Å². The highest BCUT2D eigenvalue weighted by Crippen LogP contribution is 2.27. The summed E-state index contributed by atoms with van der Waals surface area (Å²) in [5.74, 6) is 0.574. The molecule has 5 heteroatoms. The van der Waals surface area contributed by atoms with Gasteiger partial charge in [0.05, 0.1) is 25.9 Å². The van der Waals surface area contributed by atoms with E-state index in [2.05, 4.69) is 35.7 Å². The van der Waals surface area contributed by atoms with Gasteiger partial charge in [-0.3, -0.25) is 4.79 Å². The van der Waals surface area contributed by atoms with Crippen LogP contribution in [0.5, 0.6) is 5.75 Å². The van der Waals surface area contributed by atoms with Crippen LogP contribution in [0, 0.1) is 0 Å². The minimum Gasteiger partial charge on any atom is -0.495 e. The number of rotatable bonds is 5. The van der Waals surface area contributed by atoms with Crippen molar-refractivity contribution in [2.45, 2.75) is 6.42 Å². The van der Waals surface area contributed by atoms with Crippen molar-refractivity contribution in [1.29, 1.82) is 0 Å². The molecule has 2 aromatic carbocycles. The topological polar surface area (TPSA) is 42.8 Å². The molecule has 0 spiro atoms. The van der Waals surface area contributed by atoms with E-state index in [-0.39, 0.29) is 5.91 Å². The van der Waals surface area contributed by atoms with Gasteiger partial charge < -0.3 is 15.0 Å². The van der Waals surface area contributed by atoms with Gasteiger partial charge in [0.1, 0.15) is 5.75 Å². The monoisotopic (exact) mass is 357 g/mol. The number of carbonyl (C=O) groups is 1. The van der Waals surface area contributed by atoms with Crippen molar-refractivity contribution in [3.63, 3.8) is 0 Å². The summed E-state index contributed by atoms with van der Waals surface area (Å²) >= 11 is 6.00. The highest BCUT2D eigenvalue weighted by molar-refractivity contribution is 6.31. The smallest absolute Gasteiger partial charge is 0.279 e. The van der Waals surface area contributed by atoms with Crippen LogP contribution in [0.3, 0.4) is 0 Å². The van der Waals surface area contributed by atoms with Gasteiger partial charge in [-0.05, 0) is 35.4 Å². The molecule has 1 atom stereocenters. The van der Waals surface area contributed by atoms with Crippen LogP contribution < -0.4 is 15.0 Å². The summed E-state index contributed by atoms with van der Waals surface area (Å²) in [6, 6.07) is 15.6. The Kier molecular flexibility index (Phi) is 5.74. The molecule has 0 radical (unpaired) electrons. The molecular weight excluding hydrogens is 336 g/mol. The van der Waals surface area contributed by atoms with Crippen LogP contribution in [0.15, 0.2) is 54.6 Å². The molecule has 130 valence electrons. The molecule has 1 heterocycles. The van der Waals surface area contributed by atoms with Gasteiger partial charge in [0.2, 0.25) is 0 Å². The molecule has 1 amide bonds. The van der Waals surface area contributed by atoms with E-state index in [0.29, 0.717) is 23.0 Å². The van der Waals surface area contributed by atoms with Crippen molar-refractivity contribution in [3.8, 4) is 5.75 Å². The van der Waals surface area contributed by atoms with E-state index in [9.17, 15) is 4.79 Å². The maximum Gasteiger partial charge on any atom is 0.279 e. The van der Waals surface area contributed by atoms with Crippen LogP contribution in [0.25, 0.3) is 5.57 Å². The van der Waals surface area contributed by atoms with Gasteiger partial charge in [-0.15, -0.1) is 0 Å². The maximum absolute atomic E-state index is 12.4. The van der Waals surface area contributed by atoms with E-state index in [4.69, 9.17) is 16.3 Å². The number of carbonyl (C=O) groups excluding carboxylic acids is 1. The number of quaternary nitrogens is 1. The first-order valence-corrected chi connectivity index (χ1v) is 8.75. The Morgan fingerprint density at radius 2 is 2.04 bits per heavy atom. The highest BCUT2D eigenvalue weighted by atomic mass is 35.5. The third-order valence-corrected chi connectivity index (χ3v) is 4.61. The number of nitrogens with one attached hydrogen (secondary N) is 2. The van der Waals surface area contributed by atoms with Crippen LogP contribution >= 0.6 is 11.6 Å². The van der Waals surface area contributed by atoms with Gasteiger partial charge in [-0.25, -0.2) is 0 Å². The molecule has 4 nitrogen and oxygen atoms in total. The predicted molar refractivity (Wildman–Crippen MR) is 101 cm³/mol. The lowest BCUT2D eigenvalue weighted by Gasteiger charge is -2.23. The Balaban J connectivity index is 1.58. The Labute approximate surface area is 153 Å². The normalized spacial score (nSPS) is 16.9. The first-order chi connectivity index (χ1) is 12.2. The molecule has 0 fully saturated rings. The Hall–Kier alpha value is -2.30. The van der Waals surface area contributed by atoms with E-state index in [1.165, 1.54) is 16.0 Å². The SMILES string of the molecule is COc1ccc(Cl)cc1NC(=O)C[NH+]1CC=C(c2ccccc2)CC1. The minimum absolute atomic E-state index is 0.0351. The average molecular weight is 358 g/mol. The molecule has 25 heavy (non-hydrogen) atoms. The van der Waals surface area contributed by atoms with Gasteiger partial charge in [0.25, 0.3) is 5.91 Å². The molecule has 0 bridgehead atoms. The largest absolute Gasteiger partial charge is 0.495 e. The summed E-state index contributed by atoms with van der Waals surface area (Å²) in [4.78, 5) is 13.6. The third kappa shape index (κ3) is 4.62. The summed E-state index contributed by atoms with van der Waals surface area (Å²) in [6.45, 7) is 2.22. The number of benzene rings is 2. The van der Waals surface area contributed by atoms with Crippen LogP contribution in [0.4, 0.5) is 5.69 Å². The Morgan fingerprint density at radius 1 is 1.24 bits per heavy atom. The van der Waals surface area contributed by atoms with E-state index in [1.807, 2.05) is 6.07 Å². The lowest BCUT2D eigenvalue weighted by molar-refractivity contribution is -0.886. The lowest BCUT2D eigenvalue weighted by atomic mass is 10.00. The number of ether oxygens (including phenoxy) is 1. The van der Waals surface area contributed by atoms with Gasteiger partial charge in [-0.2, -0.15) is 0 Å². The van der Waals surface area contributed by atoms with Gasteiger partial charge in [0.15, 0.2) is 6.54 Å². The zero-order chi connectivity index (χ0) is 17.6. The van der Waals surface area contributed by atoms with Crippen molar-refractivity contribution in [2.24, 2.45) is 0 Å². The predicted octanol–water partition coefficient (Wildman–Crippen LogP) is 2.66. The van der Waals surface area contributed by atoms with Crippen molar-refractivity contribution < 1.29 is 14.4 Å². The summed E-state index contributed by atoms with van der Waals surface area (Å²) < 4.78 is 5.26. The van der Waals surface area contributed by atoms with Crippen molar-refractivity contribution >= 4 is 28.8 Å². The summed E-state index contributed by atoms with van der Waals surface area (Å²) in [7, 11) is 1.57. The summed E-state index contributed by atoms with van der Waals surface area (Å²) in [5.41, 5.74) is 3.24. The van der Waals surface area contributed by atoms with E-state index in [1.54, 1.807) is 25.3 Å². The number of halogens is 1. The first-order valence-electron chi connectivity index (χ1n) is 8.37. The van der Waals surface area contributed by atoms with E-state index < -0.39 is 0 Å². The van der Waals surface area contributed by atoms with Crippen molar-refractivity contribution in [3.05, 3.63) is 65.2 Å². The third-order valence-electron chi connectivity index (χ3n) is 4.38. The minimum atomic E-state index is -0.0351. The number of methoxy groups -OCH3 is 1. The number of hydrogen-bond donors (Lipinski definition) is 2. The molecule has 0 aliphatic carbocycles. The first kappa shape index (κ1) is 17.5. The molecule has 0 saturated carbocycles. The summed E-state index contributed by atoms with van der Waals surface area (Å²) in [5, 5.41) is 3.47. The Morgan fingerprint density at radius 3 is 2.72 bits per heavy atom. The van der Waals surface area contributed by atoms with Crippen LogP contribution in [0.1, 0.15) is 12.0 Å². The fraction of sp³-hybridized carbons (Fsp3) is 0.250. The van der Waals surface area contributed by atoms with E-state index >= 15 is 0 Å². The average Bonchev–Trinajstić information content (AvgIpc) is 2.63.